The molecule has 1 aliphatic heterocycles. The highest BCUT2D eigenvalue weighted by molar-refractivity contribution is 5.56. The van der Waals surface area contributed by atoms with Crippen molar-refractivity contribution in [1.29, 1.82) is 0 Å². The molecule has 3 atom stereocenters. The van der Waals surface area contributed by atoms with Gasteiger partial charge in [-0.15, -0.1) is 0 Å². The standard InChI is InChI=1S/C18H30N2/c1-5-11-19-16(4)17-8-6-7-9-18(17)20-12-10-14(2)13-15(20)3/h6-9,14-16,19H,5,10-13H2,1-4H3. The number of anilines is 1. The molecular weight excluding hydrogens is 244 g/mol. The first-order valence-electron chi connectivity index (χ1n) is 8.22. The predicted octanol–water partition coefficient (Wildman–Crippen LogP) is 4.37. The van der Waals surface area contributed by atoms with E-state index in [1.54, 1.807) is 0 Å². The largest absolute Gasteiger partial charge is 0.369 e. The first kappa shape index (κ1) is 15.4. The average Bonchev–Trinajstić information content (AvgIpc) is 2.45. The third-order valence-electron chi connectivity index (χ3n) is 4.55. The molecule has 1 heterocycles. The van der Waals surface area contributed by atoms with Crippen molar-refractivity contribution in [3.63, 3.8) is 0 Å². The van der Waals surface area contributed by atoms with Gasteiger partial charge in [0.05, 0.1) is 0 Å². The van der Waals surface area contributed by atoms with Gasteiger partial charge in [0.1, 0.15) is 0 Å². The smallest absolute Gasteiger partial charge is 0.0417 e. The van der Waals surface area contributed by atoms with Crippen LogP contribution in [-0.4, -0.2) is 19.1 Å². The first-order valence-corrected chi connectivity index (χ1v) is 8.22. The van der Waals surface area contributed by atoms with Crippen LogP contribution in [0.2, 0.25) is 0 Å². The van der Waals surface area contributed by atoms with Crippen LogP contribution < -0.4 is 10.2 Å². The zero-order valence-corrected chi connectivity index (χ0v) is 13.5. The van der Waals surface area contributed by atoms with Gasteiger partial charge < -0.3 is 10.2 Å². The van der Waals surface area contributed by atoms with E-state index in [0.29, 0.717) is 12.1 Å². The molecule has 0 aliphatic carbocycles. The zero-order chi connectivity index (χ0) is 14.5. The Bertz CT molecular complexity index is 416. The van der Waals surface area contributed by atoms with Crippen molar-refractivity contribution in [2.24, 2.45) is 5.92 Å². The van der Waals surface area contributed by atoms with E-state index in [-0.39, 0.29) is 0 Å². The summed E-state index contributed by atoms with van der Waals surface area (Å²) in [4.78, 5) is 2.61. The zero-order valence-electron chi connectivity index (χ0n) is 13.5. The summed E-state index contributed by atoms with van der Waals surface area (Å²) in [5.74, 6) is 0.865. The lowest BCUT2D eigenvalue weighted by Crippen LogP contribution is -2.41. The highest BCUT2D eigenvalue weighted by Crippen LogP contribution is 2.32. The van der Waals surface area contributed by atoms with E-state index in [9.17, 15) is 0 Å². The summed E-state index contributed by atoms with van der Waals surface area (Å²) in [7, 11) is 0. The molecule has 112 valence electrons. The molecule has 0 amide bonds. The molecule has 0 aromatic heterocycles. The lowest BCUT2D eigenvalue weighted by molar-refractivity contribution is 0.376. The molecule has 1 saturated heterocycles. The van der Waals surface area contributed by atoms with Gasteiger partial charge in [0.15, 0.2) is 0 Å². The van der Waals surface area contributed by atoms with E-state index in [4.69, 9.17) is 0 Å². The topological polar surface area (TPSA) is 15.3 Å². The molecule has 0 spiro atoms. The van der Waals surface area contributed by atoms with E-state index in [1.165, 1.54) is 37.1 Å². The molecule has 20 heavy (non-hydrogen) atoms. The fourth-order valence-electron chi connectivity index (χ4n) is 3.35. The van der Waals surface area contributed by atoms with Gasteiger partial charge in [-0.1, -0.05) is 32.0 Å². The third kappa shape index (κ3) is 3.54. The van der Waals surface area contributed by atoms with Gasteiger partial charge in [-0.05, 0) is 57.2 Å². The second kappa shape index (κ2) is 7.12. The summed E-state index contributed by atoms with van der Waals surface area (Å²) < 4.78 is 0. The number of nitrogens with one attached hydrogen (secondary N) is 1. The Balaban J connectivity index is 2.18. The third-order valence-corrected chi connectivity index (χ3v) is 4.55. The minimum absolute atomic E-state index is 0.428. The maximum absolute atomic E-state index is 3.63. The molecule has 1 aromatic rings. The fourth-order valence-corrected chi connectivity index (χ4v) is 3.35. The number of benzene rings is 1. The van der Waals surface area contributed by atoms with Crippen molar-refractivity contribution >= 4 is 5.69 Å². The predicted molar refractivity (Wildman–Crippen MR) is 88.4 cm³/mol. The molecule has 1 N–H and O–H groups in total. The Morgan fingerprint density at radius 3 is 2.75 bits per heavy atom. The molecule has 1 aliphatic rings. The van der Waals surface area contributed by atoms with Crippen molar-refractivity contribution in [3.05, 3.63) is 29.8 Å². The van der Waals surface area contributed by atoms with Crippen LogP contribution in [0.5, 0.6) is 0 Å². The second-order valence-electron chi connectivity index (χ2n) is 6.41. The van der Waals surface area contributed by atoms with Crippen LogP contribution in [0.3, 0.4) is 0 Å². The summed E-state index contributed by atoms with van der Waals surface area (Å²) in [5.41, 5.74) is 2.88. The maximum Gasteiger partial charge on any atom is 0.0417 e. The highest BCUT2D eigenvalue weighted by Gasteiger charge is 2.25. The van der Waals surface area contributed by atoms with E-state index in [0.717, 1.165) is 12.5 Å². The molecule has 2 rings (SSSR count). The van der Waals surface area contributed by atoms with Crippen LogP contribution in [0, 0.1) is 5.92 Å². The van der Waals surface area contributed by atoms with E-state index < -0.39 is 0 Å². The van der Waals surface area contributed by atoms with Gasteiger partial charge in [-0.2, -0.15) is 0 Å². The summed E-state index contributed by atoms with van der Waals surface area (Å²) in [6.07, 6.45) is 3.81. The van der Waals surface area contributed by atoms with Crippen LogP contribution in [-0.2, 0) is 0 Å². The van der Waals surface area contributed by atoms with E-state index in [2.05, 4.69) is 62.2 Å². The molecule has 1 aromatic carbocycles. The molecular formula is C18H30N2. The monoisotopic (exact) mass is 274 g/mol. The Morgan fingerprint density at radius 1 is 1.30 bits per heavy atom. The molecule has 0 saturated carbocycles. The summed E-state index contributed by atoms with van der Waals surface area (Å²) in [6, 6.07) is 10.0. The van der Waals surface area contributed by atoms with Crippen LogP contribution in [0.4, 0.5) is 5.69 Å². The highest BCUT2D eigenvalue weighted by atomic mass is 15.2. The minimum Gasteiger partial charge on any atom is -0.369 e. The Morgan fingerprint density at radius 2 is 2.05 bits per heavy atom. The van der Waals surface area contributed by atoms with Crippen LogP contribution in [0.1, 0.15) is 58.6 Å². The van der Waals surface area contributed by atoms with Gasteiger partial charge >= 0.3 is 0 Å². The molecule has 0 radical (unpaired) electrons. The van der Waals surface area contributed by atoms with Crippen molar-refractivity contribution in [1.82, 2.24) is 5.32 Å². The summed E-state index contributed by atoms with van der Waals surface area (Å²) in [5, 5.41) is 3.63. The fraction of sp³-hybridized carbons (Fsp3) is 0.667. The van der Waals surface area contributed by atoms with Gasteiger partial charge in [-0.25, -0.2) is 0 Å². The number of para-hydroxylation sites is 1. The molecule has 2 nitrogen and oxygen atoms in total. The van der Waals surface area contributed by atoms with E-state index >= 15 is 0 Å². The molecule has 3 unspecified atom stereocenters. The number of hydrogen-bond donors (Lipinski definition) is 1. The summed E-state index contributed by atoms with van der Waals surface area (Å²) in [6.45, 7) is 11.5. The van der Waals surface area contributed by atoms with Gasteiger partial charge in [0.2, 0.25) is 0 Å². The lowest BCUT2D eigenvalue weighted by atomic mass is 9.92. The number of hydrogen-bond acceptors (Lipinski definition) is 2. The van der Waals surface area contributed by atoms with Gasteiger partial charge in [0.25, 0.3) is 0 Å². The number of piperidine rings is 1. The van der Waals surface area contributed by atoms with Crippen molar-refractivity contribution in [3.8, 4) is 0 Å². The Hall–Kier alpha value is -1.02. The van der Waals surface area contributed by atoms with Crippen molar-refractivity contribution < 1.29 is 0 Å². The van der Waals surface area contributed by atoms with Crippen LogP contribution >= 0.6 is 0 Å². The van der Waals surface area contributed by atoms with E-state index in [1.807, 2.05) is 0 Å². The molecule has 0 bridgehead atoms. The minimum atomic E-state index is 0.428. The summed E-state index contributed by atoms with van der Waals surface area (Å²) >= 11 is 0. The Kier molecular flexibility index (Phi) is 5.47. The average molecular weight is 274 g/mol. The molecule has 1 fully saturated rings. The van der Waals surface area contributed by atoms with Gasteiger partial charge in [0, 0.05) is 24.3 Å². The quantitative estimate of drug-likeness (QED) is 0.857. The van der Waals surface area contributed by atoms with Crippen molar-refractivity contribution in [2.45, 2.75) is 59.0 Å². The van der Waals surface area contributed by atoms with Crippen LogP contribution in [0.25, 0.3) is 0 Å². The first-order chi connectivity index (χ1) is 9.63. The Labute approximate surface area is 124 Å². The van der Waals surface area contributed by atoms with Crippen LogP contribution in [0.15, 0.2) is 24.3 Å². The SMILES string of the molecule is CCCNC(C)c1ccccc1N1CCC(C)CC1C. The van der Waals surface area contributed by atoms with Gasteiger partial charge in [-0.3, -0.25) is 0 Å². The van der Waals surface area contributed by atoms with Crippen molar-refractivity contribution in [2.75, 3.05) is 18.0 Å². The number of rotatable bonds is 5. The lowest BCUT2D eigenvalue weighted by Gasteiger charge is -2.40. The second-order valence-corrected chi connectivity index (χ2v) is 6.41. The number of nitrogens with zero attached hydrogens (tertiary/aromatic N) is 1. The maximum atomic E-state index is 3.63. The normalized spacial score (nSPS) is 24.7. The molecule has 2 heteroatoms.